The van der Waals surface area contributed by atoms with Crippen LogP contribution in [0.15, 0.2) is 51.9 Å². The molecular weight excluding hydrogens is 445 g/mol. The third kappa shape index (κ3) is 4.70. The van der Waals surface area contributed by atoms with E-state index in [1.165, 1.54) is 11.3 Å². The Morgan fingerprint density at radius 1 is 1.13 bits per heavy atom. The monoisotopic (exact) mass is 463 g/mol. The van der Waals surface area contributed by atoms with Gasteiger partial charge < -0.3 is 14.2 Å². The first-order valence-electron chi connectivity index (χ1n) is 9.25. The minimum Gasteiger partial charge on any atom is -0.486 e. The number of fused-ring (bicyclic) bond motifs is 1. The molecule has 0 bridgehead atoms. The molecule has 3 aromatic rings. The van der Waals surface area contributed by atoms with E-state index in [1.807, 2.05) is 29.6 Å². The molecule has 156 valence electrons. The molecule has 0 unspecified atom stereocenters. The van der Waals surface area contributed by atoms with Crippen LogP contribution in [0.5, 0.6) is 11.5 Å². The van der Waals surface area contributed by atoms with Crippen molar-refractivity contribution in [2.75, 3.05) is 33.5 Å². The topological polar surface area (TPSA) is 57.3 Å². The van der Waals surface area contributed by atoms with E-state index in [-0.39, 0.29) is 0 Å². The summed E-state index contributed by atoms with van der Waals surface area (Å²) in [6.07, 6.45) is 1.76. The highest BCUT2D eigenvalue weighted by atomic mass is 35.5. The van der Waals surface area contributed by atoms with Gasteiger partial charge in [0.1, 0.15) is 13.2 Å². The Morgan fingerprint density at radius 3 is 2.77 bits per heavy atom. The quantitative estimate of drug-likeness (QED) is 0.392. The molecular formula is C21H19Cl2N3O3S. The van der Waals surface area contributed by atoms with Crippen LogP contribution in [0.2, 0.25) is 10.0 Å². The summed E-state index contributed by atoms with van der Waals surface area (Å²) in [6, 6.07) is 11.1. The summed E-state index contributed by atoms with van der Waals surface area (Å²) in [4.78, 5) is 5.34. The van der Waals surface area contributed by atoms with Crippen LogP contribution in [0.1, 0.15) is 5.56 Å². The molecule has 0 radical (unpaired) electrons. The van der Waals surface area contributed by atoms with Crippen LogP contribution < -0.4 is 14.3 Å². The van der Waals surface area contributed by atoms with Crippen molar-refractivity contribution in [1.82, 2.24) is 4.68 Å². The fourth-order valence-electron chi connectivity index (χ4n) is 2.90. The lowest BCUT2D eigenvalue weighted by atomic mass is 10.2. The smallest absolute Gasteiger partial charge is 0.206 e. The molecule has 0 atom stereocenters. The number of rotatable bonds is 6. The van der Waals surface area contributed by atoms with Crippen LogP contribution in [-0.2, 0) is 4.74 Å². The second-order valence-electron chi connectivity index (χ2n) is 6.36. The molecule has 9 heteroatoms. The zero-order chi connectivity index (χ0) is 20.9. The molecule has 0 saturated carbocycles. The Morgan fingerprint density at radius 2 is 1.97 bits per heavy atom. The van der Waals surface area contributed by atoms with Crippen molar-refractivity contribution >= 4 is 40.8 Å². The average Bonchev–Trinajstić information content (AvgIpc) is 3.14. The SMILES string of the molecule is COCCN=c1scc(-c2ccc(Cl)cc2Cl)n1N=Cc1ccc2c(c1)OCCO2. The normalized spacial score (nSPS) is 13.9. The minimum atomic E-state index is 0.529. The molecule has 2 aromatic carbocycles. The van der Waals surface area contributed by atoms with E-state index in [4.69, 9.17) is 37.4 Å². The molecule has 0 saturated heterocycles. The molecule has 2 heterocycles. The van der Waals surface area contributed by atoms with Crippen LogP contribution in [0.4, 0.5) is 0 Å². The zero-order valence-electron chi connectivity index (χ0n) is 16.2. The first-order chi connectivity index (χ1) is 14.7. The van der Waals surface area contributed by atoms with E-state index >= 15 is 0 Å². The number of methoxy groups -OCH3 is 1. The maximum atomic E-state index is 6.44. The van der Waals surface area contributed by atoms with Crippen molar-refractivity contribution in [3.8, 4) is 22.8 Å². The Labute approximate surface area is 188 Å². The molecule has 0 aliphatic carbocycles. The summed E-state index contributed by atoms with van der Waals surface area (Å²) in [5.74, 6) is 1.46. The Kier molecular flexibility index (Phi) is 6.74. The van der Waals surface area contributed by atoms with Gasteiger partial charge in [-0.15, -0.1) is 11.3 Å². The van der Waals surface area contributed by atoms with E-state index in [9.17, 15) is 0 Å². The minimum absolute atomic E-state index is 0.529. The number of aromatic nitrogens is 1. The van der Waals surface area contributed by atoms with E-state index in [0.29, 0.717) is 42.2 Å². The van der Waals surface area contributed by atoms with Crippen LogP contribution in [0.25, 0.3) is 11.3 Å². The molecule has 30 heavy (non-hydrogen) atoms. The van der Waals surface area contributed by atoms with Crippen LogP contribution in [0, 0.1) is 0 Å². The number of ether oxygens (including phenoxy) is 3. The van der Waals surface area contributed by atoms with Gasteiger partial charge in [0.2, 0.25) is 4.80 Å². The maximum absolute atomic E-state index is 6.44. The fraction of sp³-hybridized carbons (Fsp3) is 0.238. The first kappa shape index (κ1) is 20.9. The Balaban J connectivity index is 1.73. The number of hydrogen-bond acceptors (Lipinski definition) is 6. The predicted octanol–water partition coefficient (Wildman–Crippen LogP) is 4.72. The van der Waals surface area contributed by atoms with Gasteiger partial charge in [0.25, 0.3) is 0 Å². The molecule has 0 spiro atoms. The van der Waals surface area contributed by atoms with Gasteiger partial charge in [0.15, 0.2) is 11.5 Å². The van der Waals surface area contributed by atoms with Gasteiger partial charge in [0, 0.05) is 23.1 Å². The van der Waals surface area contributed by atoms with Gasteiger partial charge in [-0.1, -0.05) is 23.2 Å². The van der Waals surface area contributed by atoms with Gasteiger partial charge in [-0.25, -0.2) is 4.68 Å². The molecule has 4 rings (SSSR count). The highest BCUT2D eigenvalue weighted by Gasteiger charge is 2.13. The number of nitrogens with zero attached hydrogens (tertiary/aromatic N) is 3. The average molecular weight is 464 g/mol. The van der Waals surface area contributed by atoms with Crippen molar-refractivity contribution in [2.24, 2.45) is 10.1 Å². The lowest BCUT2D eigenvalue weighted by molar-refractivity contribution is 0.171. The van der Waals surface area contributed by atoms with Gasteiger partial charge in [-0.2, -0.15) is 5.10 Å². The number of benzene rings is 2. The highest BCUT2D eigenvalue weighted by Crippen LogP contribution is 2.32. The molecule has 6 nitrogen and oxygen atoms in total. The van der Waals surface area contributed by atoms with Crippen molar-refractivity contribution < 1.29 is 14.2 Å². The second-order valence-corrected chi connectivity index (χ2v) is 8.04. The molecule has 0 N–H and O–H groups in total. The summed E-state index contributed by atoms with van der Waals surface area (Å²) in [5.41, 5.74) is 2.53. The summed E-state index contributed by atoms with van der Waals surface area (Å²) in [7, 11) is 1.65. The number of halogens is 2. The van der Waals surface area contributed by atoms with E-state index in [2.05, 4.69) is 10.1 Å². The third-order valence-electron chi connectivity index (χ3n) is 4.32. The molecule has 1 aliphatic heterocycles. The highest BCUT2D eigenvalue weighted by molar-refractivity contribution is 7.07. The van der Waals surface area contributed by atoms with Gasteiger partial charge >= 0.3 is 0 Å². The Bertz CT molecular complexity index is 1140. The van der Waals surface area contributed by atoms with Crippen LogP contribution in [0.3, 0.4) is 0 Å². The van der Waals surface area contributed by atoms with E-state index in [0.717, 1.165) is 27.4 Å². The summed E-state index contributed by atoms with van der Waals surface area (Å²) >= 11 is 14.0. The number of hydrogen-bond donors (Lipinski definition) is 0. The lowest BCUT2D eigenvalue weighted by Gasteiger charge is -2.18. The standard InChI is InChI=1S/C21H19Cl2N3O3S/c1-27-7-6-24-21-26(18(13-30-21)16-4-3-15(22)11-17(16)23)25-12-14-2-5-19-20(10-14)29-9-8-28-19/h2-5,10-13H,6-9H2,1H3. The third-order valence-corrected chi connectivity index (χ3v) is 5.73. The van der Waals surface area contributed by atoms with Crippen molar-refractivity contribution in [3.63, 3.8) is 0 Å². The molecule has 1 aliphatic rings. The first-order valence-corrected chi connectivity index (χ1v) is 10.9. The second kappa shape index (κ2) is 9.66. The van der Waals surface area contributed by atoms with E-state index in [1.54, 1.807) is 30.1 Å². The molecule has 0 amide bonds. The summed E-state index contributed by atoms with van der Waals surface area (Å²) in [6.45, 7) is 2.16. The van der Waals surface area contributed by atoms with Gasteiger partial charge in [0.05, 0.1) is 30.1 Å². The van der Waals surface area contributed by atoms with Crippen molar-refractivity contribution in [3.05, 3.63) is 62.2 Å². The van der Waals surface area contributed by atoms with Crippen LogP contribution in [-0.4, -0.2) is 44.4 Å². The number of thiazole rings is 1. The maximum Gasteiger partial charge on any atom is 0.206 e. The van der Waals surface area contributed by atoms with Crippen LogP contribution >= 0.6 is 34.5 Å². The van der Waals surface area contributed by atoms with Gasteiger partial charge in [-0.3, -0.25) is 4.99 Å². The van der Waals surface area contributed by atoms with E-state index < -0.39 is 0 Å². The van der Waals surface area contributed by atoms with Gasteiger partial charge in [-0.05, 0) is 42.0 Å². The zero-order valence-corrected chi connectivity index (χ0v) is 18.5. The van der Waals surface area contributed by atoms with Crippen molar-refractivity contribution in [2.45, 2.75) is 0 Å². The molecule has 1 aromatic heterocycles. The molecule has 0 fully saturated rings. The Hall–Kier alpha value is -2.32. The summed E-state index contributed by atoms with van der Waals surface area (Å²) in [5, 5.41) is 7.78. The lowest BCUT2D eigenvalue weighted by Crippen LogP contribution is -2.15. The summed E-state index contributed by atoms with van der Waals surface area (Å²) < 4.78 is 18.1. The van der Waals surface area contributed by atoms with Crippen molar-refractivity contribution in [1.29, 1.82) is 0 Å². The predicted molar refractivity (Wildman–Crippen MR) is 120 cm³/mol. The fourth-order valence-corrected chi connectivity index (χ4v) is 4.26. The largest absolute Gasteiger partial charge is 0.486 e.